The summed E-state index contributed by atoms with van der Waals surface area (Å²) in [5.41, 5.74) is 6.73. The molecule has 0 saturated carbocycles. The minimum absolute atomic E-state index is 0.0776. The summed E-state index contributed by atoms with van der Waals surface area (Å²) in [5, 5.41) is 3.41. The maximum atomic E-state index is 12.1. The first kappa shape index (κ1) is 16.8. The number of aromatic amines is 1. The molecule has 4 N–H and O–H groups in total. The average molecular weight is 317 g/mol. The molecule has 2 rings (SSSR count). The normalized spacial score (nSPS) is 11.9. The van der Waals surface area contributed by atoms with Crippen molar-refractivity contribution in [1.82, 2.24) is 15.2 Å². The maximum Gasteiger partial charge on any atom is 0.274 e. The Bertz CT molecular complexity index is 706. The lowest BCUT2D eigenvalue weighted by molar-refractivity contribution is 0.0972. The van der Waals surface area contributed by atoms with Crippen molar-refractivity contribution in [3.8, 4) is 5.75 Å². The van der Waals surface area contributed by atoms with Crippen LogP contribution in [-0.4, -0.2) is 56.0 Å². The zero-order valence-electron chi connectivity index (χ0n) is 13.7. The quantitative estimate of drug-likeness (QED) is 0.423. The highest BCUT2D eigenvalue weighted by Crippen LogP contribution is 2.25. The van der Waals surface area contributed by atoms with Crippen molar-refractivity contribution in [2.24, 2.45) is 10.7 Å². The minimum Gasteiger partial charge on any atom is -0.491 e. The van der Waals surface area contributed by atoms with Gasteiger partial charge < -0.3 is 20.4 Å². The summed E-state index contributed by atoms with van der Waals surface area (Å²) in [5.74, 6) is 0.481. The fourth-order valence-corrected chi connectivity index (χ4v) is 2.17. The molecule has 0 radical (unpaired) electrons. The highest BCUT2D eigenvalue weighted by molar-refractivity contribution is 6.06. The van der Waals surface area contributed by atoms with Crippen LogP contribution in [0, 0.1) is 0 Å². The van der Waals surface area contributed by atoms with Crippen LogP contribution in [0.15, 0.2) is 29.3 Å². The van der Waals surface area contributed by atoms with Crippen molar-refractivity contribution in [2.45, 2.75) is 6.42 Å². The molecule has 23 heavy (non-hydrogen) atoms. The number of nitrogens with two attached hydrogens (primary N) is 1. The lowest BCUT2D eigenvalue weighted by atomic mass is 10.2. The van der Waals surface area contributed by atoms with Crippen LogP contribution in [0.4, 0.5) is 0 Å². The molecule has 124 valence electrons. The Morgan fingerprint density at radius 3 is 2.91 bits per heavy atom. The molecule has 0 spiro atoms. The molecule has 0 atom stereocenters. The topological polar surface area (TPSA) is 95.7 Å². The van der Waals surface area contributed by atoms with E-state index in [1.54, 1.807) is 6.07 Å². The SMILES string of the molecule is CN=C(N)NC(=O)c1cc2cccc(OCCCN(C)C)c2[nH]1. The summed E-state index contributed by atoms with van der Waals surface area (Å²) >= 11 is 0. The number of aromatic nitrogens is 1. The van der Waals surface area contributed by atoms with Crippen LogP contribution in [-0.2, 0) is 0 Å². The fraction of sp³-hybridized carbons (Fsp3) is 0.375. The highest BCUT2D eigenvalue weighted by atomic mass is 16.5. The van der Waals surface area contributed by atoms with Gasteiger partial charge in [0.1, 0.15) is 11.4 Å². The second-order valence-electron chi connectivity index (χ2n) is 5.47. The lowest BCUT2D eigenvalue weighted by Crippen LogP contribution is -2.36. The Morgan fingerprint density at radius 1 is 1.43 bits per heavy atom. The maximum absolute atomic E-state index is 12.1. The Labute approximate surface area is 135 Å². The van der Waals surface area contributed by atoms with Gasteiger partial charge in [0.05, 0.1) is 12.1 Å². The third-order valence-corrected chi connectivity index (χ3v) is 3.35. The predicted molar refractivity (Wildman–Crippen MR) is 92.0 cm³/mol. The van der Waals surface area contributed by atoms with Gasteiger partial charge in [0, 0.05) is 19.0 Å². The minimum atomic E-state index is -0.331. The summed E-state index contributed by atoms with van der Waals surface area (Å²) in [6.07, 6.45) is 0.931. The molecule has 0 bridgehead atoms. The summed E-state index contributed by atoms with van der Waals surface area (Å²) < 4.78 is 5.83. The standard InChI is InChI=1S/C16H23N5O2/c1-18-16(17)20-15(22)12-10-11-6-4-7-13(14(11)19-12)23-9-5-8-21(2)3/h4,6-7,10,19H,5,8-9H2,1-3H3,(H3,17,18,20,22). The number of guanidine groups is 1. The molecule has 0 aliphatic heterocycles. The number of amides is 1. The first-order chi connectivity index (χ1) is 11.0. The Kier molecular flexibility index (Phi) is 5.59. The van der Waals surface area contributed by atoms with Crippen LogP contribution in [0.2, 0.25) is 0 Å². The van der Waals surface area contributed by atoms with E-state index < -0.39 is 0 Å². The molecule has 1 aromatic heterocycles. The first-order valence-corrected chi connectivity index (χ1v) is 7.44. The van der Waals surface area contributed by atoms with E-state index in [1.807, 2.05) is 32.3 Å². The van der Waals surface area contributed by atoms with Gasteiger partial charge in [-0.15, -0.1) is 0 Å². The Balaban J connectivity index is 2.13. The number of rotatable bonds is 6. The molecule has 7 nitrogen and oxygen atoms in total. The van der Waals surface area contributed by atoms with Gasteiger partial charge in [-0.2, -0.15) is 0 Å². The van der Waals surface area contributed by atoms with Gasteiger partial charge in [0.15, 0.2) is 5.96 Å². The van der Waals surface area contributed by atoms with Gasteiger partial charge >= 0.3 is 0 Å². The van der Waals surface area contributed by atoms with Gasteiger partial charge in [0.25, 0.3) is 5.91 Å². The molecule has 7 heteroatoms. The molecule has 0 aliphatic carbocycles. The number of benzene rings is 1. The molecule has 0 fully saturated rings. The average Bonchev–Trinajstić information content (AvgIpc) is 2.96. The molecule has 0 saturated heterocycles. The Hall–Kier alpha value is -2.54. The number of nitrogens with zero attached hydrogens (tertiary/aromatic N) is 2. The summed E-state index contributed by atoms with van der Waals surface area (Å²) in [4.78, 5) is 21.0. The zero-order valence-corrected chi connectivity index (χ0v) is 13.7. The number of fused-ring (bicyclic) bond motifs is 1. The number of carbonyl (C=O) groups excluding carboxylic acids is 1. The van der Waals surface area contributed by atoms with Crippen LogP contribution in [0.5, 0.6) is 5.75 Å². The second-order valence-corrected chi connectivity index (χ2v) is 5.47. The number of hydrogen-bond donors (Lipinski definition) is 3. The van der Waals surface area contributed by atoms with E-state index in [9.17, 15) is 4.79 Å². The van der Waals surface area contributed by atoms with Gasteiger partial charge in [-0.25, -0.2) is 0 Å². The number of H-pyrrole nitrogens is 1. The third-order valence-electron chi connectivity index (χ3n) is 3.35. The Morgan fingerprint density at radius 2 is 2.22 bits per heavy atom. The van der Waals surface area contributed by atoms with Crippen molar-refractivity contribution in [3.63, 3.8) is 0 Å². The number of hydrogen-bond acceptors (Lipinski definition) is 4. The first-order valence-electron chi connectivity index (χ1n) is 7.44. The monoisotopic (exact) mass is 317 g/mol. The van der Waals surface area contributed by atoms with E-state index in [0.29, 0.717) is 12.3 Å². The van der Waals surface area contributed by atoms with Gasteiger partial charge in [-0.1, -0.05) is 12.1 Å². The lowest BCUT2D eigenvalue weighted by Gasteiger charge is -2.10. The number of ether oxygens (including phenoxy) is 1. The van der Waals surface area contributed by atoms with Gasteiger partial charge in [0.2, 0.25) is 0 Å². The van der Waals surface area contributed by atoms with Crippen molar-refractivity contribution in [2.75, 3.05) is 34.3 Å². The van der Waals surface area contributed by atoms with Crippen LogP contribution >= 0.6 is 0 Å². The molecule has 0 unspecified atom stereocenters. The fourth-order valence-electron chi connectivity index (χ4n) is 2.17. The molecule has 1 heterocycles. The number of aliphatic imine (C=N–C) groups is 1. The van der Waals surface area contributed by atoms with Gasteiger partial charge in [-0.3, -0.25) is 15.1 Å². The van der Waals surface area contributed by atoms with E-state index in [0.717, 1.165) is 29.6 Å². The molecule has 0 aliphatic rings. The highest BCUT2D eigenvalue weighted by Gasteiger charge is 2.12. The molecular formula is C16H23N5O2. The third kappa shape index (κ3) is 4.46. The van der Waals surface area contributed by atoms with Crippen LogP contribution in [0.25, 0.3) is 10.9 Å². The number of nitrogens with one attached hydrogen (secondary N) is 2. The molecule has 2 aromatic rings. The summed E-state index contributed by atoms with van der Waals surface area (Å²) in [6, 6.07) is 7.48. The van der Waals surface area contributed by atoms with Crippen molar-refractivity contribution in [1.29, 1.82) is 0 Å². The van der Waals surface area contributed by atoms with E-state index in [1.165, 1.54) is 7.05 Å². The largest absolute Gasteiger partial charge is 0.491 e. The smallest absolute Gasteiger partial charge is 0.274 e. The predicted octanol–water partition coefficient (Wildman–Crippen LogP) is 1.17. The molecular weight excluding hydrogens is 294 g/mol. The number of para-hydroxylation sites is 1. The van der Waals surface area contributed by atoms with Crippen LogP contribution in [0.1, 0.15) is 16.9 Å². The van der Waals surface area contributed by atoms with E-state index in [4.69, 9.17) is 10.5 Å². The molecule has 1 amide bonds. The van der Waals surface area contributed by atoms with Crippen molar-refractivity contribution < 1.29 is 9.53 Å². The van der Waals surface area contributed by atoms with Crippen molar-refractivity contribution in [3.05, 3.63) is 30.0 Å². The van der Waals surface area contributed by atoms with Crippen LogP contribution in [0.3, 0.4) is 0 Å². The van der Waals surface area contributed by atoms with Crippen molar-refractivity contribution >= 4 is 22.8 Å². The van der Waals surface area contributed by atoms with Crippen LogP contribution < -0.4 is 15.8 Å². The summed E-state index contributed by atoms with van der Waals surface area (Å²) in [6.45, 7) is 1.58. The zero-order chi connectivity index (χ0) is 16.8. The van der Waals surface area contributed by atoms with Gasteiger partial charge in [-0.05, 0) is 32.6 Å². The number of carbonyl (C=O) groups is 1. The van der Waals surface area contributed by atoms with E-state index in [-0.39, 0.29) is 11.9 Å². The van der Waals surface area contributed by atoms with E-state index >= 15 is 0 Å². The second kappa shape index (κ2) is 7.64. The summed E-state index contributed by atoms with van der Waals surface area (Å²) in [7, 11) is 5.57. The molecule has 1 aromatic carbocycles. The van der Waals surface area contributed by atoms with E-state index in [2.05, 4.69) is 20.2 Å².